The van der Waals surface area contributed by atoms with Crippen molar-refractivity contribution in [3.63, 3.8) is 0 Å². The summed E-state index contributed by atoms with van der Waals surface area (Å²) in [5, 5.41) is 9.53. The number of nitrogens with one attached hydrogen (secondary N) is 2. The SMILES string of the molecule is O=C(NCCc1ccccc1)[C@@H]1CCCN(C2CCN(C(=O)c3ncn[nH]3)CC2)C1. The van der Waals surface area contributed by atoms with Crippen LogP contribution in [0.25, 0.3) is 0 Å². The molecule has 0 aliphatic carbocycles. The summed E-state index contributed by atoms with van der Waals surface area (Å²) in [5.74, 6) is 0.455. The zero-order chi connectivity index (χ0) is 20.8. The normalized spacial score (nSPS) is 20.8. The van der Waals surface area contributed by atoms with Crippen LogP contribution in [0.4, 0.5) is 0 Å². The lowest BCUT2D eigenvalue weighted by atomic mass is 9.93. The molecule has 0 saturated carbocycles. The van der Waals surface area contributed by atoms with Crippen LogP contribution in [0, 0.1) is 5.92 Å². The summed E-state index contributed by atoms with van der Waals surface area (Å²) >= 11 is 0. The Labute approximate surface area is 177 Å². The first kappa shape index (κ1) is 20.5. The zero-order valence-corrected chi connectivity index (χ0v) is 17.3. The van der Waals surface area contributed by atoms with Crippen LogP contribution in [0.5, 0.6) is 0 Å². The maximum Gasteiger partial charge on any atom is 0.291 e. The summed E-state index contributed by atoms with van der Waals surface area (Å²) < 4.78 is 0. The van der Waals surface area contributed by atoms with E-state index in [0.29, 0.717) is 31.5 Å². The number of aromatic amines is 1. The van der Waals surface area contributed by atoms with Gasteiger partial charge in [-0.3, -0.25) is 19.6 Å². The second-order valence-electron chi connectivity index (χ2n) is 8.22. The van der Waals surface area contributed by atoms with Crippen LogP contribution in [0.2, 0.25) is 0 Å². The van der Waals surface area contributed by atoms with Crippen molar-refractivity contribution in [3.05, 3.63) is 48.0 Å². The van der Waals surface area contributed by atoms with Crippen LogP contribution in [-0.4, -0.2) is 75.6 Å². The van der Waals surface area contributed by atoms with E-state index in [1.165, 1.54) is 11.9 Å². The van der Waals surface area contributed by atoms with E-state index in [1.54, 1.807) is 0 Å². The number of likely N-dealkylation sites (tertiary alicyclic amines) is 2. The average molecular weight is 411 g/mol. The first-order valence-electron chi connectivity index (χ1n) is 10.9. The summed E-state index contributed by atoms with van der Waals surface area (Å²) in [5.41, 5.74) is 1.25. The van der Waals surface area contributed by atoms with Gasteiger partial charge in [0.05, 0.1) is 5.92 Å². The number of aromatic nitrogens is 3. The van der Waals surface area contributed by atoms with Crippen molar-refractivity contribution in [1.82, 2.24) is 30.3 Å². The zero-order valence-electron chi connectivity index (χ0n) is 17.3. The van der Waals surface area contributed by atoms with E-state index < -0.39 is 0 Å². The Kier molecular flexibility index (Phi) is 6.74. The molecule has 2 amide bonds. The van der Waals surface area contributed by atoms with Crippen LogP contribution < -0.4 is 5.32 Å². The highest BCUT2D eigenvalue weighted by molar-refractivity contribution is 5.90. The highest BCUT2D eigenvalue weighted by atomic mass is 16.2. The van der Waals surface area contributed by atoms with Crippen molar-refractivity contribution < 1.29 is 9.59 Å². The number of benzene rings is 1. The van der Waals surface area contributed by atoms with Crippen LogP contribution in [0.15, 0.2) is 36.7 Å². The van der Waals surface area contributed by atoms with Crippen LogP contribution >= 0.6 is 0 Å². The standard InChI is InChI=1S/C22H30N6O2/c29-21(23-11-8-17-5-2-1-3-6-17)18-7-4-12-28(15-18)19-9-13-27(14-10-19)22(30)20-24-16-25-26-20/h1-3,5-6,16,18-19H,4,7-15H2,(H,23,29)(H,24,25,26)/t18-/m1/s1. The quantitative estimate of drug-likeness (QED) is 0.752. The molecule has 2 saturated heterocycles. The lowest BCUT2D eigenvalue weighted by Gasteiger charge is -2.41. The summed E-state index contributed by atoms with van der Waals surface area (Å²) in [4.78, 5) is 33.4. The van der Waals surface area contributed by atoms with Gasteiger partial charge in [0, 0.05) is 32.2 Å². The number of H-pyrrole nitrogens is 1. The number of amides is 2. The predicted molar refractivity (Wildman–Crippen MR) is 113 cm³/mol. The smallest absolute Gasteiger partial charge is 0.291 e. The minimum absolute atomic E-state index is 0.0587. The fourth-order valence-electron chi connectivity index (χ4n) is 4.56. The van der Waals surface area contributed by atoms with Crippen molar-refractivity contribution in [2.45, 2.75) is 38.1 Å². The molecule has 1 atom stereocenters. The predicted octanol–water partition coefficient (Wildman–Crippen LogP) is 1.48. The molecule has 8 heteroatoms. The lowest BCUT2D eigenvalue weighted by molar-refractivity contribution is -0.127. The summed E-state index contributed by atoms with van der Waals surface area (Å²) in [6.45, 7) is 3.97. The van der Waals surface area contributed by atoms with E-state index in [0.717, 1.165) is 45.2 Å². The van der Waals surface area contributed by atoms with Gasteiger partial charge >= 0.3 is 0 Å². The first-order chi connectivity index (χ1) is 14.7. The molecular formula is C22H30N6O2. The second-order valence-corrected chi connectivity index (χ2v) is 8.22. The van der Waals surface area contributed by atoms with E-state index in [1.807, 2.05) is 23.1 Å². The van der Waals surface area contributed by atoms with Crippen molar-refractivity contribution in [2.24, 2.45) is 5.92 Å². The third kappa shape index (κ3) is 5.05. The van der Waals surface area contributed by atoms with Crippen molar-refractivity contribution in [2.75, 3.05) is 32.7 Å². The van der Waals surface area contributed by atoms with E-state index in [-0.39, 0.29) is 17.7 Å². The molecular weight excluding hydrogens is 380 g/mol. The minimum Gasteiger partial charge on any atom is -0.355 e. The monoisotopic (exact) mass is 410 g/mol. The average Bonchev–Trinajstić information content (AvgIpc) is 3.34. The number of nitrogens with zero attached hydrogens (tertiary/aromatic N) is 4. The van der Waals surface area contributed by atoms with Gasteiger partial charge in [0.1, 0.15) is 6.33 Å². The Bertz CT molecular complexity index is 817. The summed E-state index contributed by atoms with van der Waals surface area (Å²) in [7, 11) is 0. The second kappa shape index (κ2) is 9.84. The Morgan fingerprint density at radius 3 is 2.63 bits per heavy atom. The molecule has 1 aromatic carbocycles. The van der Waals surface area contributed by atoms with Gasteiger partial charge in [0.25, 0.3) is 5.91 Å². The molecule has 0 radical (unpaired) electrons. The molecule has 2 aliphatic rings. The maximum atomic E-state index is 12.7. The topological polar surface area (TPSA) is 94.2 Å². The Balaban J connectivity index is 1.22. The molecule has 8 nitrogen and oxygen atoms in total. The Morgan fingerprint density at radius 1 is 1.10 bits per heavy atom. The first-order valence-corrected chi connectivity index (χ1v) is 10.9. The lowest BCUT2D eigenvalue weighted by Crippen LogP contribution is -2.51. The van der Waals surface area contributed by atoms with Gasteiger partial charge in [-0.25, -0.2) is 4.98 Å². The van der Waals surface area contributed by atoms with Gasteiger partial charge < -0.3 is 10.2 Å². The summed E-state index contributed by atoms with van der Waals surface area (Å²) in [6, 6.07) is 10.7. The van der Waals surface area contributed by atoms with E-state index in [2.05, 4.69) is 37.5 Å². The number of carbonyl (C=O) groups is 2. The number of hydrogen-bond acceptors (Lipinski definition) is 5. The molecule has 1 aromatic heterocycles. The molecule has 0 spiro atoms. The number of piperidine rings is 2. The van der Waals surface area contributed by atoms with Crippen LogP contribution in [0.3, 0.4) is 0 Å². The number of hydrogen-bond donors (Lipinski definition) is 2. The molecule has 2 fully saturated rings. The van der Waals surface area contributed by atoms with Crippen LogP contribution in [0.1, 0.15) is 41.9 Å². The van der Waals surface area contributed by atoms with Gasteiger partial charge in [0.15, 0.2) is 0 Å². The largest absolute Gasteiger partial charge is 0.355 e. The molecule has 160 valence electrons. The minimum atomic E-state index is -0.0831. The molecule has 0 bridgehead atoms. The molecule has 2 N–H and O–H groups in total. The maximum absolute atomic E-state index is 12.7. The number of carbonyl (C=O) groups excluding carboxylic acids is 2. The Morgan fingerprint density at radius 2 is 1.90 bits per heavy atom. The third-order valence-corrected chi connectivity index (χ3v) is 6.27. The van der Waals surface area contributed by atoms with Crippen LogP contribution in [-0.2, 0) is 11.2 Å². The van der Waals surface area contributed by atoms with E-state index >= 15 is 0 Å². The summed E-state index contributed by atoms with van der Waals surface area (Å²) in [6.07, 6.45) is 6.09. The van der Waals surface area contributed by atoms with Gasteiger partial charge in [0.2, 0.25) is 11.7 Å². The van der Waals surface area contributed by atoms with Gasteiger partial charge in [-0.15, -0.1) is 0 Å². The highest BCUT2D eigenvalue weighted by Gasteiger charge is 2.33. The molecule has 2 aromatic rings. The molecule has 0 unspecified atom stereocenters. The van der Waals surface area contributed by atoms with E-state index in [9.17, 15) is 9.59 Å². The Hall–Kier alpha value is -2.74. The van der Waals surface area contributed by atoms with E-state index in [4.69, 9.17) is 0 Å². The third-order valence-electron chi connectivity index (χ3n) is 6.27. The number of rotatable bonds is 6. The fourth-order valence-corrected chi connectivity index (χ4v) is 4.56. The molecule has 2 aliphatic heterocycles. The van der Waals surface area contributed by atoms with Crippen molar-refractivity contribution >= 4 is 11.8 Å². The molecule has 30 heavy (non-hydrogen) atoms. The van der Waals surface area contributed by atoms with Gasteiger partial charge in [-0.2, -0.15) is 5.10 Å². The van der Waals surface area contributed by atoms with Gasteiger partial charge in [-0.1, -0.05) is 30.3 Å². The molecule has 3 heterocycles. The van der Waals surface area contributed by atoms with Crippen molar-refractivity contribution in [3.8, 4) is 0 Å². The highest BCUT2D eigenvalue weighted by Crippen LogP contribution is 2.24. The molecule has 4 rings (SSSR count). The fraction of sp³-hybridized carbons (Fsp3) is 0.545. The van der Waals surface area contributed by atoms with Gasteiger partial charge in [-0.05, 0) is 44.2 Å². The van der Waals surface area contributed by atoms with Crippen molar-refractivity contribution in [1.29, 1.82) is 0 Å².